The fourth-order valence-electron chi connectivity index (χ4n) is 2.30. The molecule has 0 atom stereocenters. The van der Waals surface area contributed by atoms with Gasteiger partial charge in [-0.25, -0.2) is 0 Å². The third-order valence-corrected chi connectivity index (χ3v) is 3.36. The summed E-state index contributed by atoms with van der Waals surface area (Å²) in [5.41, 5.74) is 1.91. The van der Waals surface area contributed by atoms with Crippen LogP contribution in [0.1, 0.15) is 43.0 Å². The van der Waals surface area contributed by atoms with Crippen molar-refractivity contribution in [3.63, 3.8) is 0 Å². The fourth-order valence-corrected chi connectivity index (χ4v) is 2.30. The third-order valence-electron chi connectivity index (χ3n) is 3.36. The number of Topliss-reactive ketones (excluding diaryl/α,β-unsaturated/α-hetero) is 1. The van der Waals surface area contributed by atoms with Crippen LogP contribution in [0.2, 0.25) is 0 Å². The first-order valence-electron chi connectivity index (χ1n) is 6.10. The lowest BCUT2D eigenvalue weighted by Gasteiger charge is -2.11. The number of ketones is 1. The maximum Gasteiger partial charge on any atom is 0.159 e. The minimum Gasteiger partial charge on any atom is -0.385 e. The van der Waals surface area contributed by atoms with Crippen molar-refractivity contribution in [3.8, 4) is 0 Å². The molecule has 0 amide bonds. The van der Waals surface area contributed by atoms with Gasteiger partial charge in [0.05, 0.1) is 0 Å². The highest BCUT2D eigenvalue weighted by molar-refractivity contribution is 5.94. The first-order valence-corrected chi connectivity index (χ1v) is 6.10. The second-order valence-corrected chi connectivity index (χ2v) is 4.66. The van der Waals surface area contributed by atoms with Crippen molar-refractivity contribution in [1.29, 1.82) is 0 Å². The summed E-state index contributed by atoms with van der Waals surface area (Å²) in [4.78, 5) is 11.1. The molecule has 86 valence electrons. The Bertz CT molecular complexity index is 350. The second-order valence-electron chi connectivity index (χ2n) is 4.66. The van der Waals surface area contributed by atoms with Crippen LogP contribution in [0, 0.1) is 5.92 Å². The van der Waals surface area contributed by atoms with Crippen molar-refractivity contribution in [2.24, 2.45) is 5.92 Å². The van der Waals surface area contributed by atoms with E-state index in [1.807, 2.05) is 24.3 Å². The first kappa shape index (κ1) is 11.2. The van der Waals surface area contributed by atoms with E-state index in [2.05, 4.69) is 5.32 Å². The van der Waals surface area contributed by atoms with E-state index in [9.17, 15) is 4.79 Å². The van der Waals surface area contributed by atoms with Crippen molar-refractivity contribution in [1.82, 2.24) is 0 Å². The van der Waals surface area contributed by atoms with E-state index in [-0.39, 0.29) is 5.78 Å². The van der Waals surface area contributed by atoms with Gasteiger partial charge in [-0.3, -0.25) is 4.79 Å². The number of benzene rings is 1. The van der Waals surface area contributed by atoms with Gasteiger partial charge in [0.25, 0.3) is 0 Å². The van der Waals surface area contributed by atoms with Crippen LogP contribution in [0.15, 0.2) is 24.3 Å². The van der Waals surface area contributed by atoms with E-state index < -0.39 is 0 Å². The van der Waals surface area contributed by atoms with Crippen LogP contribution in [0.25, 0.3) is 0 Å². The third kappa shape index (κ3) is 2.84. The average molecular weight is 217 g/mol. The Morgan fingerprint density at radius 3 is 2.44 bits per heavy atom. The first-order chi connectivity index (χ1) is 7.75. The van der Waals surface area contributed by atoms with Crippen LogP contribution in [0.3, 0.4) is 0 Å². The molecule has 2 nitrogen and oxygen atoms in total. The zero-order chi connectivity index (χ0) is 11.4. The van der Waals surface area contributed by atoms with Gasteiger partial charge in [0.1, 0.15) is 0 Å². The molecule has 0 radical (unpaired) electrons. The van der Waals surface area contributed by atoms with Crippen LogP contribution >= 0.6 is 0 Å². The van der Waals surface area contributed by atoms with Crippen molar-refractivity contribution in [2.45, 2.75) is 32.6 Å². The van der Waals surface area contributed by atoms with Crippen molar-refractivity contribution >= 4 is 11.5 Å². The monoisotopic (exact) mass is 217 g/mol. The molecule has 0 unspecified atom stereocenters. The summed E-state index contributed by atoms with van der Waals surface area (Å²) in [5.74, 6) is 0.967. The summed E-state index contributed by atoms with van der Waals surface area (Å²) in [6.07, 6.45) is 5.49. The number of rotatable bonds is 4. The van der Waals surface area contributed by atoms with Gasteiger partial charge < -0.3 is 5.32 Å². The number of hydrogen-bond donors (Lipinski definition) is 1. The fraction of sp³-hybridized carbons (Fsp3) is 0.500. The van der Waals surface area contributed by atoms with Crippen LogP contribution in [-0.4, -0.2) is 12.3 Å². The molecule has 1 N–H and O–H groups in total. The van der Waals surface area contributed by atoms with E-state index >= 15 is 0 Å². The maximum absolute atomic E-state index is 11.1. The predicted octanol–water partition coefficient (Wildman–Crippen LogP) is 3.49. The molecule has 2 rings (SSSR count). The highest BCUT2D eigenvalue weighted by Crippen LogP contribution is 2.25. The minimum atomic E-state index is 0.127. The van der Waals surface area contributed by atoms with Gasteiger partial charge in [0.15, 0.2) is 5.78 Å². The van der Waals surface area contributed by atoms with Gasteiger partial charge in [-0.2, -0.15) is 0 Å². The SMILES string of the molecule is CC(=O)c1ccc(NCC2CCCC2)cc1. The summed E-state index contributed by atoms with van der Waals surface area (Å²) in [7, 11) is 0. The van der Waals surface area contributed by atoms with Crippen molar-refractivity contribution < 1.29 is 4.79 Å². The summed E-state index contributed by atoms with van der Waals surface area (Å²) >= 11 is 0. The number of nitrogens with one attached hydrogen (secondary N) is 1. The molecule has 1 aliphatic carbocycles. The van der Waals surface area contributed by atoms with E-state index in [0.29, 0.717) is 0 Å². The molecule has 2 heteroatoms. The summed E-state index contributed by atoms with van der Waals surface area (Å²) in [6.45, 7) is 2.67. The molecule has 0 bridgehead atoms. The van der Waals surface area contributed by atoms with Gasteiger partial charge >= 0.3 is 0 Å². The van der Waals surface area contributed by atoms with Crippen LogP contribution in [0.5, 0.6) is 0 Å². The van der Waals surface area contributed by atoms with E-state index in [1.165, 1.54) is 25.7 Å². The molecule has 1 aliphatic rings. The highest BCUT2D eigenvalue weighted by atomic mass is 16.1. The van der Waals surface area contributed by atoms with Crippen molar-refractivity contribution in [3.05, 3.63) is 29.8 Å². The average Bonchev–Trinajstić information content (AvgIpc) is 2.80. The molecule has 1 saturated carbocycles. The van der Waals surface area contributed by atoms with Crippen LogP contribution in [0.4, 0.5) is 5.69 Å². The lowest BCUT2D eigenvalue weighted by Crippen LogP contribution is -2.10. The topological polar surface area (TPSA) is 29.1 Å². The van der Waals surface area contributed by atoms with Gasteiger partial charge in [-0.05, 0) is 49.9 Å². The molecule has 0 spiro atoms. The van der Waals surface area contributed by atoms with E-state index in [4.69, 9.17) is 0 Å². The molecule has 1 aromatic carbocycles. The van der Waals surface area contributed by atoms with E-state index in [0.717, 1.165) is 23.7 Å². The Hall–Kier alpha value is -1.31. The largest absolute Gasteiger partial charge is 0.385 e. The molecule has 0 saturated heterocycles. The number of anilines is 1. The Morgan fingerprint density at radius 1 is 1.25 bits per heavy atom. The lowest BCUT2D eigenvalue weighted by molar-refractivity contribution is 0.101. The standard InChI is InChI=1S/C14H19NO/c1-11(16)13-6-8-14(9-7-13)15-10-12-4-2-3-5-12/h6-9,12,15H,2-5,10H2,1H3. The highest BCUT2D eigenvalue weighted by Gasteiger charge is 2.14. The Morgan fingerprint density at radius 2 is 1.88 bits per heavy atom. The van der Waals surface area contributed by atoms with Gasteiger partial charge in [0.2, 0.25) is 0 Å². The molecule has 1 aromatic rings. The zero-order valence-electron chi connectivity index (χ0n) is 9.83. The Kier molecular flexibility index (Phi) is 3.60. The lowest BCUT2D eigenvalue weighted by atomic mass is 10.1. The van der Waals surface area contributed by atoms with Gasteiger partial charge in [0, 0.05) is 17.8 Å². The number of carbonyl (C=O) groups excluding carboxylic acids is 1. The van der Waals surface area contributed by atoms with Gasteiger partial charge in [-0.1, -0.05) is 12.8 Å². The molecule has 1 fully saturated rings. The number of carbonyl (C=O) groups is 1. The predicted molar refractivity (Wildman–Crippen MR) is 66.9 cm³/mol. The smallest absolute Gasteiger partial charge is 0.159 e. The maximum atomic E-state index is 11.1. The van der Waals surface area contributed by atoms with E-state index in [1.54, 1.807) is 6.92 Å². The molecular weight excluding hydrogens is 198 g/mol. The molecule has 0 heterocycles. The molecule has 0 aliphatic heterocycles. The second kappa shape index (κ2) is 5.15. The summed E-state index contributed by atoms with van der Waals surface area (Å²) in [6, 6.07) is 7.76. The van der Waals surface area contributed by atoms with Gasteiger partial charge in [-0.15, -0.1) is 0 Å². The summed E-state index contributed by atoms with van der Waals surface area (Å²) in [5, 5.41) is 3.44. The number of hydrogen-bond acceptors (Lipinski definition) is 2. The van der Waals surface area contributed by atoms with Crippen molar-refractivity contribution in [2.75, 3.05) is 11.9 Å². The Labute approximate surface area is 97.1 Å². The van der Waals surface area contributed by atoms with Crippen LogP contribution < -0.4 is 5.32 Å². The summed E-state index contributed by atoms with van der Waals surface area (Å²) < 4.78 is 0. The normalized spacial score (nSPS) is 16.3. The quantitative estimate of drug-likeness (QED) is 0.782. The molecular formula is C14H19NO. The molecule has 0 aromatic heterocycles. The Balaban J connectivity index is 1.87. The molecule has 16 heavy (non-hydrogen) atoms. The zero-order valence-corrected chi connectivity index (χ0v) is 9.83. The minimum absolute atomic E-state index is 0.127. The van der Waals surface area contributed by atoms with Crippen LogP contribution in [-0.2, 0) is 0 Å².